The third-order valence-electron chi connectivity index (χ3n) is 3.53. The minimum atomic E-state index is -0.618. The van der Waals surface area contributed by atoms with Gasteiger partial charge in [0.2, 0.25) is 0 Å². The molecular formula is C14H17ClN2O4. The molecule has 1 amide bonds. The summed E-state index contributed by atoms with van der Waals surface area (Å²) in [4.78, 5) is 24.4. The van der Waals surface area contributed by atoms with Gasteiger partial charge >= 0.3 is 5.69 Å². The van der Waals surface area contributed by atoms with Crippen LogP contribution in [0.4, 0.5) is 5.69 Å². The molecule has 1 aliphatic rings. The highest BCUT2D eigenvalue weighted by Crippen LogP contribution is 2.29. The number of hydrogen-bond acceptors (Lipinski definition) is 4. The van der Waals surface area contributed by atoms with E-state index in [9.17, 15) is 14.9 Å². The Morgan fingerprint density at radius 3 is 2.95 bits per heavy atom. The Balaban J connectivity index is 2.15. The molecule has 1 aromatic carbocycles. The van der Waals surface area contributed by atoms with Crippen molar-refractivity contribution in [1.82, 2.24) is 4.90 Å². The van der Waals surface area contributed by atoms with Crippen molar-refractivity contribution in [3.05, 3.63) is 38.9 Å². The average molecular weight is 313 g/mol. The van der Waals surface area contributed by atoms with Crippen molar-refractivity contribution in [2.75, 3.05) is 26.8 Å². The maximum atomic E-state index is 12.4. The van der Waals surface area contributed by atoms with Gasteiger partial charge in [0.15, 0.2) is 0 Å². The van der Waals surface area contributed by atoms with Crippen LogP contribution < -0.4 is 0 Å². The number of carbonyl (C=O) groups is 1. The van der Waals surface area contributed by atoms with Crippen LogP contribution in [0.5, 0.6) is 0 Å². The van der Waals surface area contributed by atoms with Gasteiger partial charge in [-0.1, -0.05) is 17.7 Å². The van der Waals surface area contributed by atoms with Crippen LogP contribution in [-0.4, -0.2) is 42.5 Å². The standard InChI is InChI=1S/C14H17ClN2O4/c1-16(8-10-4-3-7-21-9-10)14(18)11-5-2-6-12(15)13(11)17(19)20/h2,5-6,10H,3-4,7-9H2,1H3. The van der Waals surface area contributed by atoms with Crippen LogP contribution in [0.2, 0.25) is 5.02 Å². The molecule has 21 heavy (non-hydrogen) atoms. The summed E-state index contributed by atoms with van der Waals surface area (Å²) < 4.78 is 5.38. The summed E-state index contributed by atoms with van der Waals surface area (Å²) in [5, 5.41) is 11.1. The topological polar surface area (TPSA) is 72.7 Å². The zero-order chi connectivity index (χ0) is 15.4. The zero-order valence-electron chi connectivity index (χ0n) is 11.8. The normalized spacial score (nSPS) is 18.3. The number of benzene rings is 1. The van der Waals surface area contributed by atoms with Gasteiger partial charge in [-0.05, 0) is 30.9 Å². The highest BCUT2D eigenvalue weighted by molar-refractivity contribution is 6.33. The monoisotopic (exact) mass is 312 g/mol. The number of ether oxygens (including phenoxy) is 1. The Labute approximate surface area is 127 Å². The number of nitro groups is 1. The first-order valence-corrected chi connectivity index (χ1v) is 7.14. The first kappa shape index (κ1) is 15.7. The highest BCUT2D eigenvalue weighted by Gasteiger charge is 2.27. The van der Waals surface area contributed by atoms with Gasteiger partial charge in [-0.3, -0.25) is 14.9 Å². The molecule has 0 radical (unpaired) electrons. The molecule has 114 valence electrons. The predicted octanol–water partition coefficient (Wildman–Crippen LogP) is 2.75. The molecule has 0 aliphatic carbocycles. The van der Waals surface area contributed by atoms with Gasteiger partial charge in [-0.2, -0.15) is 0 Å². The van der Waals surface area contributed by atoms with Gasteiger partial charge in [0.05, 0.1) is 11.5 Å². The number of amides is 1. The summed E-state index contributed by atoms with van der Waals surface area (Å²) in [6.07, 6.45) is 1.97. The molecule has 0 aromatic heterocycles. The van der Waals surface area contributed by atoms with Crippen LogP contribution in [-0.2, 0) is 4.74 Å². The Hall–Kier alpha value is -1.66. The SMILES string of the molecule is CN(CC1CCCOC1)C(=O)c1cccc(Cl)c1[N+](=O)[O-]. The van der Waals surface area contributed by atoms with Gasteiger partial charge in [0.1, 0.15) is 10.6 Å². The van der Waals surface area contributed by atoms with Crippen molar-refractivity contribution in [2.45, 2.75) is 12.8 Å². The average Bonchev–Trinajstić information content (AvgIpc) is 2.46. The first-order chi connectivity index (χ1) is 10.0. The summed E-state index contributed by atoms with van der Waals surface area (Å²) in [6, 6.07) is 4.38. The highest BCUT2D eigenvalue weighted by atomic mass is 35.5. The lowest BCUT2D eigenvalue weighted by molar-refractivity contribution is -0.385. The summed E-state index contributed by atoms with van der Waals surface area (Å²) in [6.45, 7) is 1.89. The molecule has 1 unspecified atom stereocenters. The molecule has 0 spiro atoms. The second-order valence-corrected chi connectivity index (χ2v) is 5.57. The minimum absolute atomic E-state index is 0.0201. The van der Waals surface area contributed by atoms with Crippen molar-refractivity contribution in [2.24, 2.45) is 5.92 Å². The number of halogens is 1. The van der Waals surface area contributed by atoms with Crippen molar-refractivity contribution in [3.63, 3.8) is 0 Å². The van der Waals surface area contributed by atoms with Crippen LogP contribution in [0.3, 0.4) is 0 Å². The van der Waals surface area contributed by atoms with E-state index in [0.29, 0.717) is 13.2 Å². The fourth-order valence-electron chi connectivity index (χ4n) is 2.50. The van der Waals surface area contributed by atoms with Crippen molar-refractivity contribution >= 4 is 23.2 Å². The van der Waals surface area contributed by atoms with Gasteiger partial charge in [-0.25, -0.2) is 0 Å². The van der Waals surface area contributed by atoms with E-state index in [4.69, 9.17) is 16.3 Å². The van der Waals surface area contributed by atoms with Crippen molar-refractivity contribution < 1.29 is 14.5 Å². The largest absolute Gasteiger partial charge is 0.381 e. The van der Waals surface area contributed by atoms with E-state index in [1.165, 1.54) is 17.0 Å². The van der Waals surface area contributed by atoms with E-state index in [2.05, 4.69) is 0 Å². The van der Waals surface area contributed by atoms with Crippen LogP contribution in [0.1, 0.15) is 23.2 Å². The van der Waals surface area contributed by atoms with E-state index in [0.717, 1.165) is 19.4 Å². The quantitative estimate of drug-likeness (QED) is 0.633. The Morgan fingerprint density at radius 2 is 2.33 bits per heavy atom. The number of hydrogen-bond donors (Lipinski definition) is 0. The lowest BCUT2D eigenvalue weighted by Gasteiger charge is -2.27. The smallest absolute Gasteiger partial charge is 0.300 e. The predicted molar refractivity (Wildman–Crippen MR) is 78.6 cm³/mol. The van der Waals surface area contributed by atoms with E-state index in [-0.39, 0.29) is 22.2 Å². The van der Waals surface area contributed by atoms with Gasteiger partial charge in [0, 0.05) is 20.2 Å². The molecule has 0 saturated carbocycles. The van der Waals surface area contributed by atoms with Crippen LogP contribution in [0, 0.1) is 16.0 Å². The fourth-order valence-corrected chi connectivity index (χ4v) is 2.74. The molecule has 1 aromatic rings. The second kappa shape index (κ2) is 6.87. The van der Waals surface area contributed by atoms with E-state index >= 15 is 0 Å². The molecule has 1 heterocycles. The van der Waals surface area contributed by atoms with E-state index in [1.54, 1.807) is 13.1 Å². The fraction of sp³-hybridized carbons (Fsp3) is 0.500. The molecular weight excluding hydrogens is 296 g/mol. The molecule has 1 atom stereocenters. The molecule has 0 N–H and O–H groups in total. The molecule has 0 bridgehead atoms. The van der Waals surface area contributed by atoms with Crippen molar-refractivity contribution in [1.29, 1.82) is 0 Å². The lowest BCUT2D eigenvalue weighted by Crippen LogP contribution is -2.35. The summed E-state index contributed by atoms with van der Waals surface area (Å²) in [7, 11) is 1.64. The summed E-state index contributed by atoms with van der Waals surface area (Å²) in [5.41, 5.74) is -0.317. The van der Waals surface area contributed by atoms with Crippen molar-refractivity contribution in [3.8, 4) is 0 Å². The lowest BCUT2D eigenvalue weighted by atomic mass is 10.0. The molecule has 1 aliphatic heterocycles. The summed E-state index contributed by atoms with van der Waals surface area (Å²) >= 11 is 5.83. The molecule has 2 rings (SSSR count). The maximum absolute atomic E-state index is 12.4. The Bertz CT molecular complexity index is 544. The van der Waals surface area contributed by atoms with Gasteiger partial charge in [0.25, 0.3) is 5.91 Å². The van der Waals surface area contributed by atoms with Crippen LogP contribution in [0.15, 0.2) is 18.2 Å². The zero-order valence-corrected chi connectivity index (χ0v) is 12.5. The number of carbonyl (C=O) groups excluding carboxylic acids is 1. The summed E-state index contributed by atoms with van der Waals surface area (Å²) in [5.74, 6) is -0.124. The maximum Gasteiger partial charge on any atom is 0.300 e. The van der Waals surface area contributed by atoms with Gasteiger partial charge < -0.3 is 9.64 Å². The Kier molecular flexibility index (Phi) is 5.14. The third kappa shape index (κ3) is 3.71. The van der Waals surface area contributed by atoms with E-state index < -0.39 is 10.8 Å². The van der Waals surface area contributed by atoms with Gasteiger partial charge in [-0.15, -0.1) is 0 Å². The second-order valence-electron chi connectivity index (χ2n) is 5.16. The van der Waals surface area contributed by atoms with E-state index in [1.807, 2.05) is 0 Å². The molecule has 6 nitrogen and oxygen atoms in total. The minimum Gasteiger partial charge on any atom is -0.381 e. The number of rotatable bonds is 4. The molecule has 1 fully saturated rings. The van der Waals surface area contributed by atoms with Crippen LogP contribution in [0.25, 0.3) is 0 Å². The number of nitro benzene ring substituents is 1. The Morgan fingerprint density at radius 1 is 1.57 bits per heavy atom. The number of nitrogens with zero attached hydrogens (tertiary/aromatic N) is 2. The third-order valence-corrected chi connectivity index (χ3v) is 3.84. The number of para-hydroxylation sites is 1. The molecule has 1 saturated heterocycles. The molecule has 7 heteroatoms. The van der Waals surface area contributed by atoms with Crippen LogP contribution >= 0.6 is 11.6 Å². The first-order valence-electron chi connectivity index (χ1n) is 6.77.